The molecule has 0 fully saturated rings. The summed E-state index contributed by atoms with van der Waals surface area (Å²) < 4.78 is 13.0. The third-order valence-corrected chi connectivity index (χ3v) is 3.40. The maximum Gasteiger partial charge on any atom is 0.251 e. The molecule has 0 spiro atoms. The SMILES string of the molecule is CCN(CC)C(=O)CN(C)C(=O)CNC(=O)c1cccc(F)c1. The number of nitrogens with zero attached hydrogens (tertiary/aromatic N) is 2. The van der Waals surface area contributed by atoms with E-state index < -0.39 is 17.6 Å². The van der Waals surface area contributed by atoms with Crippen LogP contribution in [0.3, 0.4) is 0 Å². The minimum Gasteiger partial charge on any atom is -0.343 e. The van der Waals surface area contributed by atoms with Crippen LogP contribution in [-0.2, 0) is 9.59 Å². The van der Waals surface area contributed by atoms with Crippen molar-refractivity contribution in [3.05, 3.63) is 35.6 Å². The molecule has 1 aromatic rings. The van der Waals surface area contributed by atoms with Gasteiger partial charge in [0.25, 0.3) is 5.91 Å². The van der Waals surface area contributed by atoms with Crippen LogP contribution >= 0.6 is 0 Å². The number of halogens is 1. The van der Waals surface area contributed by atoms with Gasteiger partial charge in [0.1, 0.15) is 5.82 Å². The van der Waals surface area contributed by atoms with E-state index in [0.29, 0.717) is 13.1 Å². The summed E-state index contributed by atoms with van der Waals surface area (Å²) in [6.07, 6.45) is 0. The summed E-state index contributed by atoms with van der Waals surface area (Å²) in [6, 6.07) is 5.19. The van der Waals surface area contributed by atoms with Gasteiger partial charge in [-0.25, -0.2) is 4.39 Å². The maximum absolute atomic E-state index is 13.0. The smallest absolute Gasteiger partial charge is 0.251 e. The van der Waals surface area contributed by atoms with E-state index in [1.54, 1.807) is 4.90 Å². The maximum atomic E-state index is 13.0. The summed E-state index contributed by atoms with van der Waals surface area (Å²) in [5.41, 5.74) is 0.139. The summed E-state index contributed by atoms with van der Waals surface area (Å²) >= 11 is 0. The zero-order valence-corrected chi connectivity index (χ0v) is 13.6. The second-order valence-electron chi connectivity index (χ2n) is 5.01. The van der Waals surface area contributed by atoms with E-state index in [1.807, 2.05) is 13.8 Å². The van der Waals surface area contributed by atoms with E-state index in [1.165, 1.54) is 30.1 Å². The van der Waals surface area contributed by atoms with Crippen LogP contribution < -0.4 is 5.32 Å². The van der Waals surface area contributed by atoms with Gasteiger partial charge in [-0.2, -0.15) is 0 Å². The van der Waals surface area contributed by atoms with E-state index in [9.17, 15) is 18.8 Å². The first kappa shape index (κ1) is 18.6. The van der Waals surface area contributed by atoms with Crippen LogP contribution in [0.2, 0.25) is 0 Å². The number of carbonyl (C=O) groups is 3. The average molecular weight is 323 g/mol. The third kappa shape index (κ3) is 5.69. The highest BCUT2D eigenvalue weighted by atomic mass is 19.1. The molecule has 1 N–H and O–H groups in total. The lowest BCUT2D eigenvalue weighted by Crippen LogP contribution is -2.44. The Morgan fingerprint density at radius 2 is 1.78 bits per heavy atom. The Balaban J connectivity index is 2.49. The van der Waals surface area contributed by atoms with E-state index >= 15 is 0 Å². The van der Waals surface area contributed by atoms with Crippen LogP contribution in [-0.4, -0.2) is 60.7 Å². The Morgan fingerprint density at radius 1 is 1.13 bits per heavy atom. The van der Waals surface area contributed by atoms with Crippen molar-refractivity contribution in [2.45, 2.75) is 13.8 Å². The molecule has 0 heterocycles. The van der Waals surface area contributed by atoms with Gasteiger partial charge in [-0.1, -0.05) is 6.07 Å². The Morgan fingerprint density at radius 3 is 2.35 bits per heavy atom. The molecule has 0 aliphatic heterocycles. The van der Waals surface area contributed by atoms with E-state index in [4.69, 9.17) is 0 Å². The number of nitrogens with one attached hydrogen (secondary N) is 1. The molecule has 0 saturated carbocycles. The number of hydrogen-bond acceptors (Lipinski definition) is 3. The summed E-state index contributed by atoms with van der Waals surface area (Å²) in [4.78, 5) is 38.6. The lowest BCUT2D eigenvalue weighted by molar-refractivity contribution is -0.138. The Kier molecular flexibility index (Phi) is 7.18. The molecule has 0 bridgehead atoms. The fourth-order valence-corrected chi connectivity index (χ4v) is 1.99. The summed E-state index contributed by atoms with van der Waals surface area (Å²) in [7, 11) is 1.50. The number of likely N-dealkylation sites (N-methyl/N-ethyl adjacent to an activating group) is 2. The summed E-state index contributed by atoms with van der Waals surface area (Å²) in [6.45, 7) is 4.58. The standard InChI is InChI=1S/C16H22FN3O3/c1-4-20(5-2)15(22)11-19(3)14(21)10-18-16(23)12-7-6-8-13(17)9-12/h6-9H,4-5,10-11H2,1-3H3,(H,18,23). The van der Waals surface area contributed by atoms with Gasteiger partial charge in [-0.3, -0.25) is 14.4 Å². The fourth-order valence-electron chi connectivity index (χ4n) is 1.99. The Hall–Kier alpha value is -2.44. The molecule has 0 atom stereocenters. The van der Waals surface area contributed by atoms with E-state index in [2.05, 4.69) is 5.32 Å². The first-order chi connectivity index (χ1) is 10.9. The van der Waals surface area contributed by atoms with Crippen LogP contribution in [0, 0.1) is 5.82 Å². The van der Waals surface area contributed by atoms with Crippen molar-refractivity contribution in [3.63, 3.8) is 0 Å². The topological polar surface area (TPSA) is 69.7 Å². The number of benzene rings is 1. The van der Waals surface area contributed by atoms with Gasteiger partial charge in [0.15, 0.2) is 0 Å². The number of rotatable bonds is 7. The molecular weight excluding hydrogens is 301 g/mol. The molecule has 1 aromatic carbocycles. The number of amides is 3. The monoisotopic (exact) mass is 323 g/mol. The van der Waals surface area contributed by atoms with Crippen molar-refractivity contribution in [3.8, 4) is 0 Å². The van der Waals surface area contributed by atoms with Gasteiger partial charge in [0, 0.05) is 25.7 Å². The quantitative estimate of drug-likeness (QED) is 0.810. The largest absolute Gasteiger partial charge is 0.343 e. The van der Waals surface area contributed by atoms with Crippen LogP contribution in [0.1, 0.15) is 24.2 Å². The van der Waals surface area contributed by atoms with Crippen LogP contribution in [0.25, 0.3) is 0 Å². The number of carbonyl (C=O) groups excluding carboxylic acids is 3. The average Bonchev–Trinajstić information content (AvgIpc) is 2.53. The molecule has 126 valence electrons. The molecular formula is C16H22FN3O3. The van der Waals surface area contributed by atoms with Crippen molar-refractivity contribution in [1.29, 1.82) is 0 Å². The first-order valence-electron chi connectivity index (χ1n) is 7.44. The molecule has 3 amide bonds. The third-order valence-electron chi connectivity index (χ3n) is 3.40. The lowest BCUT2D eigenvalue weighted by atomic mass is 10.2. The van der Waals surface area contributed by atoms with Crippen molar-refractivity contribution in [1.82, 2.24) is 15.1 Å². The van der Waals surface area contributed by atoms with Crippen molar-refractivity contribution in [2.24, 2.45) is 0 Å². The van der Waals surface area contributed by atoms with Crippen molar-refractivity contribution < 1.29 is 18.8 Å². The molecule has 0 aromatic heterocycles. The highest BCUT2D eigenvalue weighted by Gasteiger charge is 2.17. The number of hydrogen-bond donors (Lipinski definition) is 1. The predicted molar refractivity (Wildman–Crippen MR) is 84.3 cm³/mol. The molecule has 0 radical (unpaired) electrons. The molecule has 0 unspecified atom stereocenters. The lowest BCUT2D eigenvalue weighted by Gasteiger charge is -2.23. The Labute approximate surface area is 135 Å². The second-order valence-corrected chi connectivity index (χ2v) is 5.01. The van der Waals surface area contributed by atoms with Gasteiger partial charge in [0.2, 0.25) is 11.8 Å². The highest BCUT2D eigenvalue weighted by molar-refractivity contribution is 5.96. The highest BCUT2D eigenvalue weighted by Crippen LogP contribution is 2.03. The van der Waals surface area contributed by atoms with Gasteiger partial charge < -0.3 is 15.1 Å². The van der Waals surface area contributed by atoms with Crippen LogP contribution in [0.5, 0.6) is 0 Å². The normalized spacial score (nSPS) is 10.1. The van der Waals surface area contributed by atoms with Crippen molar-refractivity contribution >= 4 is 17.7 Å². The van der Waals surface area contributed by atoms with Gasteiger partial charge >= 0.3 is 0 Å². The zero-order chi connectivity index (χ0) is 17.4. The minimum absolute atomic E-state index is 0.0453. The minimum atomic E-state index is -0.540. The molecule has 6 nitrogen and oxygen atoms in total. The van der Waals surface area contributed by atoms with Gasteiger partial charge in [-0.05, 0) is 32.0 Å². The van der Waals surface area contributed by atoms with Crippen molar-refractivity contribution in [2.75, 3.05) is 33.2 Å². The molecule has 1 rings (SSSR count). The molecule has 0 aliphatic rings. The van der Waals surface area contributed by atoms with Gasteiger partial charge in [-0.15, -0.1) is 0 Å². The molecule has 23 heavy (non-hydrogen) atoms. The van der Waals surface area contributed by atoms with E-state index in [0.717, 1.165) is 6.07 Å². The zero-order valence-electron chi connectivity index (χ0n) is 13.6. The second kappa shape index (κ2) is 8.87. The Bertz CT molecular complexity index is 573. The van der Waals surface area contributed by atoms with E-state index in [-0.39, 0.29) is 24.6 Å². The summed E-state index contributed by atoms with van der Waals surface area (Å²) in [5.74, 6) is -1.61. The fraction of sp³-hybridized carbons (Fsp3) is 0.438. The predicted octanol–water partition coefficient (Wildman–Crippen LogP) is 0.882. The molecule has 0 aliphatic carbocycles. The molecule has 0 saturated heterocycles. The summed E-state index contributed by atoms with van der Waals surface area (Å²) in [5, 5.41) is 2.42. The van der Waals surface area contributed by atoms with Crippen LogP contribution in [0.15, 0.2) is 24.3 Å². The molecule has 7 heteroatoms. The van der Waals surface area contributed by atoms with Gasteiger partial charge in [0.05, 0.1) is 13.1 Å². The van der Waals surface area contributed by atoms with Crippen LogP contribution in [0.4, 0.5) is 4.39 Å². The first-order valence-corrected chi connectivity index (χ1v) is 7.44.